The maximum Gasteiger partial charge on any atom is 0.274 e. The van der Waals surface area contributed by atoms with Crippen molar-refractivity contribution in [2.24, 2.45) is 12.5 Å². The number of hydrogen-bond acceptors (Lipinski definition) is 4. The van der Waals surface area contributed by atoms with E-state index in [1.54, 1.807) is 35.1 Å². The van der Waals surface area contributed by atoms with Gasteiger partial charge in [-0.05, 0) is 55.5 Å². The third-order valence-electron chi connectivity index (χ3n) is 6.54. The molecule has 0 saturated carbocycles. The van der Waals surface area contributed by atoms with E-state index in [2.05, 4.69) is 28.3 Å². The Balaban J connectivity index is 1.64. The molecular weight excluding hydrogens is 414 g/mol. The standard InChI is InChI=1S/C26H31N5O2/c1-4-30(5-2)25(33)26(12-15-31(19-26)24(32)23-11-14-29(3)28-23)17-20-8-6-9-21(16-20)22-10-7-13-27-18-22/h6-11,13-14,16,18H,4-5,12,15,17,19H2,1-3H3/t26-/m0/s1. The molecule has 2 aromatic heterocycles. The SMILES string of the molecule is CCN(CC)C(=O)[C@]1(Cc2cccc(-c3cccnc3)c2)CCN(C(=O)c2ccn(C)n2)C1. The van der Waals surface area contributed by atoms with Gasteiger partial charge in [-0.1, -0.05) is 30.3 Å². The summed E-state index contributed by atoms with van der Waals surface area (Å²) < 4.78 is 1.63. The number of nitrogens with zero attached hydrogens (tertiary/aromatic N) is 5. The van der Waals surface area contributed by atoms with Crippen LogP contribution in [0.2, 0.25) is 0 Å². The van der Waals surface area contributed by atoms with Crippen molar-refractivity contribution in [1.29, 1.82) is 0 Å². The van der Waals surface area contributed by atoms with Crippen molar-refractivity contribution in [2.75, 3.05) is 26.2 Å². The lowest BCUT2D eigenvalue weighted by atomic mass is 9.79. The number of aromatic nitrogens is 3. The van der Waals surface area contributed by atoms with Crippen LogP contribution in [0.1, 0.15) is 36.3 Å². The summed E-state index contributed by atoms with van der Waals surface area (Å²) in [7, 11) is 1.80. The van der Waals surface area contributed by atoms with Crippen molar-refractivity contribution in [1.82, 2.24) is 24.6 Å². The smallest absolute Gasteiger partial charge is 0.274 e. The molecule has 1 fully saturated rings. The molecule has 0 N–H and O–H groups in total. The summed E-state index contributed by atoms with van der Waals surface area (Å²) in [4.78, 5) is 34.7. The number of carbonyl (C=O) groups is 2. The fourth-order valence-electron chi connectivity index (χ4n) is 4.76. The molecule has 4 rings (SSSR count). The highest BCUT2D eigenvalue weighted by atomic mass is 16.2. The minimum atomic E-state index is -0.649. The topological polar surface area (TPSA) is 71.3 Å². The number of hydrogen-bond donors (Lipinski definition) is 0. The second-order valence-electron chi connectivity index (χ2n) is 8.73. The molecular formula is C26H31N5O2. The summed E-state index contributed by atoms with van der Waals surface area (Å²) in [5.41, 5.74) is 2.97. The van der Waals surface area contributed by atoms with Crippen molar-refractivity contribution in [2.45, 2.75) is 26.7 Å². The predicted octanol–water partition coefficient (Wildman–Crippen LogP) is 3.43. The zero-order valence-electron chi connectivity index (χ0n) is 19.6. The van der Waals surface area contributed by atoms with Crippen LogP contribution in [0.15, 0.2) is 61.1 Å². The maximum atomic E-state index is 13.8. The molecule has 0 radical (unpaired) electrons. The highest BCUT2D eigenvalue weighted by Crippen LogP contribution is 2.37. The van der Waals surface area contributed by atoms with E-state index in [4.69, 9.17) is 0 Å². The van der Waals surface area contributed by atoms with Crippen LogP contribution in [0.5, 0.6) is 0 Å². The second-order valence-corrected chi connectivity index (χ2v) is 8.73. The van der Waals surface area contributed by atoms with Gasteiger partial charge in [-0.3, -0.25) is 19.3 Å². The zero-order valence-corrected chi connectivity index (χ0v) is 19.6. The Morgan fingerprint density at radius 2 is 1.88 bits per heavy atom. The minimum absolute atomic E-state index is 0.117. The molecule has 2 amide bonds. The molecule has 3 heterocycles. The van der Waals surface area contributed by atoms with Gasteiger partial charge in [-0.2, -0.15) is 5.10 Å². The summed E-state index contributed by atoms with van der Waals surface area (Å²) in [6.45, 7) is 6.26. The van der Waals surface area contributed by atoms with E-state index in [-0.39, 0.29) is 11.8 Å². The van der Waals surface area contributed by atoms with Crippen LogP contribution >= 0.6 is 0 Å². The van der Waals surface area contributed by atoms with E-state index in [1.807, 2.05) is 43.1 Å². The lowest BCUT2D eigenvalue weighted by Gasteiger charge is -2.33. The van der Waals surface area contributed by atoms with E-state index in [1.165, 1.54) is 0 Å². The summed E-state index contributed by atoms with van der Waals surface area (Å²) in [5.74, 6) is 0.00420. The molecule has 0 spiro atoms. The molecule has 1 aliphatic heterocycles. The van der Waals surface area contributed by atoms with Gasteiger partial charge in [0.15, 0.2) is 0 Å². The van der Waals surface area contributed by atoms with Crippen LogP contribution in [0, 0.1) is 5.41 Å². The van der Waals surface area contributed by atoms with Crippen LogP contribution in [0.3, 0.4) is 0 Å². The molecule has 1 atom stereocenters. The number of pyridine rings is 1. The van der Waals surface area contributed by atoms with Crippen molar-refractivity contribution >= 4 is 11.8 Å². The molecule has 1 saturated heterocycles. The first-order chi connectivity index (χ1) is 16.0. The minimum Gasteiger partial charge on any atom is -0.343 e. The monoisotopic (exact) mass is 445 g/mol. The van der Waals surface area contributed by atoms with Gasteiger partial charge in [0.05, 0.1) is 5.41 Å². The largest absolute Gasteiger partial charge is 0.343 e. The van der Waals surface area contributed by atoms with E-state index in [0.29, 0.717) is 44.7 Å². The quantitative estimate of drug-likeness (QED) is 0.559. The van der Waals surface area contributed by atoms with Crippen molar-refractivity contribution in [3.63, 3.8) is 0 Å². The highest BCUT2D eigenvalue weighted by Gasteiger charge is 2.47. The predicted molar refractivity (Wildman–Crippen MR) is 127 cm³/mol. The van der Waals surface area contributed by atoms with Crippen LogP contribution in [-0.2, 0) is 18.3 Å². The van der Waals surface area contributed by atoms with Gasteiger partial charge < -0.3 is 9.80 Å². The Morgan fingerprint density at radius 3 is 2.55 bits per heavy atom. The van der Waals surface area contributed by atoms with Gasteiger partial charge in [-0.15, -0.1) is 0 Å². The maximum absolute atomic E-state index is 13.8. The van der Waals surface area contributed by atoms with Gasteiger partial charge in [-0.25, -0.2) is 0 Å². The van der Waals surface area contributed by atoms with Gasteiger partial charge >= 0.3 is 0 Å². The summed E-state index contributed by atoms with van der Waals surface area (Å²) in [5, 5.41) is 4.27. The van der Waals surface area contributed by atoms with Crippen LogP contribution < -0.4 is 0 Å². The summed E-state index contributed by atoms with van der Waals surface area (Å²) in [6.07, 6.45) is 6.59. The highest BCUT2D eigenvalue weighted by molar-refractivity contribution is 5.93. The number of carbonyl (C=O) groups excluding carboxylic acids is 2. The average Bonchev–Trinajstić information content (AvgIpc) is 3.47. The Morgan fingerprint density at radius 1 is 1.09 bits per heavy atom. The Hall–Kier alpha value is -3.48. The third-order valence-corrected chi connectivity index (χ3v) is 6.54. The molecule has 0 unspecified atom stereocenters. The first-order valence-corrected chi connectivity index (χ1v) is 11.5. The molecule has 3 aromatic rings. The number of amides is 2. The number of rotatable bonds is 7. The second kappa shape index (κ2) is 9.57. The van der Waals surface area contributed by atoms with Crippen molar-refractivity contribution < 1.29 is 9.59 Å². The third kappa shape index (κ3) is 4.67. The fourth-order valence-corrected chi connectivity index (χ4v) is 4.76. The molecule has 7 nitrogen and oxygen atoms in total. The Bertz CT molecular complexity index is 1120. The van der Waals surface area contributed by atoms with Crippen LogP contribution in [-0.4, -0.2) is 62.6 Å². The van der Waals surface area contributed by atoms with Crippen molar-refractivity contribution in [3.05, 3.63) is 72.3 Å². The van der Waals surface area contributed by atoms with Gasteiger partial charge in [0.25, 0.3) is 5.91 Å². The Labute approximate surface area is 195 Å². The fraction of sp³-hybridized carbons (Fsp3) is 0.385. The van der Waals surface area contributed by atoms with E-state index in [9.17, 15) is 9.59 Å². The van der Waals surface area contributed by atoms with Crippen molar-refractivity contribution in [3.8, 4) is 11.1 Å². The van der Waals surface area contributed by atoms with E-state index >= 15 is 0 Å². The average molecular weight is 446 g/mol. The molecule has 172 valence electrons. The molecule has 0 aliphatic carbocycles. The van der Waals surface area contributed by atoms with Crippen LogP contribution in [0.25, 0.3) is 11.1 Å². The first-order valence-electron chi connectivity index (χ1n) is 11.5. The van der Waals surface area contributed by atoms with Gasteiger partial charge in [0.1, 0.15) is 5.69 Å². The lowest BCUT2D eigenvalue weighted by Crippen LogP contribution is -2.47. The summed E-state index contributed by atoms with van der Waals surface area (Å²) in [6, 6.07) is 14.0. The number of aryl methyl sites for hydroxylation is 1. The van der Waals surface area contributed by atoms with E-state index in [0.717, 1.165) is 16.7 Å². The number of benzene rings is 1. The Kier molecular flexibility index (Phi) is 6.58. The normalized spacial score (nSPS) is 17.8. The first kappa shape index (κ1) is 22.7. The molecule has 1 aliphatic rings. The molecule has 1 aromatic carbocycles. The lowest BCUT2D eigenvalue weighted by molar-refractivity contribution is -0.141. The number of likely N-dealkylation sites (tertiary alicyclic amines) is 1. The summed E-state index contributed by atoms with van der Waals surface area (Å²) >= 11 is 0. The van der Waals surface area contributed by atoms with Gasteiger partial charge in [0.2, 0.25) is 5.91 Å². The molecule has 33 heavy (non-hydrogen) atoms. The van der Waals surface area contributed by atoms with Gasteiger partial charge in [0, 0.05) is 51.8 Å². The zero-order chi connectivity index (χ0) is 23.4. The van der Waals surface area contributed by atoms with Crippen LogP contribution in [0.4, 0.5) is 0 Å². The van der Waals surface area contributed by atoms with E-state index < -0.39 is 5.41 Å². The molecule has 0 bridgehead atoms. The molecule has 7 heteroatoms.